The summed E-state index contributed by atoms with van der Waals surface area (Å²) in [6.07, 6.45) is 6.72. The molecule has 0 atom stereocenters. The minimum atomic E-state index is -0.162. The van der Waals surface area contributed by atoms with Crippen molar-refractivity contribution in [3.63, 3.8) is 0 Å². The largest absolute Gasteiger partial charge is 0.354 e. The predicted molar refractivity (Wildman–Crippen MR) is 102 cm³/mol. The standard InChI is InChI=1S/C21H22N4O2/c1-14-19-17(8-5-9-18(19)26)24-20(14)21(27)22-11-10-15-12-23-25(13-15)16-6-3-2-4-7-16/h2-4,6-7,12-13,24H,5,8-11H2,1H3,(H,22,27). The Labute approximate surface area is 157 Å². The number of para-hydroxylation sites is 1. The van der Waals surface area contributed by atoms with Gasteiger partial charge in [0.15, 0.2) is 5.78 Å². The number of amides is 1. The molecule has 0 fully saturated rings. The fourth-order valence-corrected chi connectivity index (χ4v) is 3.62. The van der Waals surface area contributed by atoms with Gasteiger partial charge < -0.3 is 10.3 Å². The van der Waals surface area contributed by atoms with E-state index < -0.39 is 0 Å². The van der Waals surface area contributed by atoms with E-state index in [1.54, 1.807) is 0 Å². The fourth-order valence-electron chi connectivity index (χ4n) is 3.62. The number of Topliss-reactive ketones (excluding diaryl/α,β-unsaturated/α-hetero) is 1. The van der Waals surface area contributed by atoms with E-state index in [-0.39, 0.29) is 11.7 Å². The molecule has 2 aromatic heterocycles. The van der Waals surface area contributed by atoms with E-state index in [1.165, 1.54) is 0 Å². The molecule has 6 heteroatoms. The number of nitrogens with one attached hydrogen (secondary N) is 2. The highest BCUT2D eigenvalue weighted by Gasteiger charge is 2.26. The van der Waals surface area contributed by atoms with E-state index in [9.17, 15) is 9.59 Å². The number of benzene rings is 1. The molecule has 0 saturated carbocycles. The Bertz CT molecular complexity index is 985. The number of fused-ring (bicyclic) bond motifs is 1. The smallest absolute Gasteiger partial charge is 0.268 e. The lowest BCUT2D eigenvalue weighted by Gasteiger charge is -2.09. The van der Waals surface area contributed by atoms with Crippen molar-refractivity contribution < 1.29 is 9.59 Å². The number of rotatable bonds is 5. The van der Waals surface area contributed by atoms with Crippen LogP contribution in [0.25, 0.3) is 5.69 Å². The average Bonchev–Trinajstić information content (AvgIpc) is 3.28. The van der Waals surface area contributed by atoms with E-state index in [1.807, 2.05) is 54.3 Å². The van der Waals surface area contributed by atoms with E-state index in [0.29, 0.717) is 25.1 Å². The molecule has 1 aromatic carbocycles. The van der Waals surface area contributed by atoms with Crippen LogP contribution in [0.5, 0.6) is 0 Å². The topological polar surface area (TPSA) is 79.8 Å². The van der Waals surface area contributed by atoms with Crippen LogP contribution < -0.4 is 5.32 Å². The first-order chi connectivity index (χ1) is 13.1. The highest BCUT2D eigenvalue weighted by atomic mass is 16.2. The molecule has 0 aliphatic heterocycles. The molecule has 1 aliphatic carbocycles. The molecule has 27 heavy (non-hydrogen) atoms. The number of H-pyrrole nitrogens is 1. The number of hydrogen-bond donors (Lipinski definition) is 2. The number of aromatic nitrogens is 3. The second-order valence-corrected chi connectivity index (χ2v) is 6.89. The molecule has 4 rings (SSSR count). The first-order valence-electron chi connectivity index (χ1n) is 9.25. The van der Waals surface area contributed by atoms with Gasteiger partial charge in [0.1, 0.15) is 5.69 Å². The van der Waals surface area contributed by atoms with Crippen LogP contribution in [-0.4, -0.2) is 33.0 Å². The highest BCUT2D eigenvalue weighted by Crippen LogP contribution is 2.26. The maximum atomic E-state index is 12.5. The van der Waals surface area contributed by atoms with Gasteiger partial charge in [0.25, 0.3) is 5.91 Å². The van der Waals surface area contributed by atoms with Crippen LogP contribution in [0, 0.1) is 6.92 Å². The van der Waals surface area contributed by atoms with Gasteiger partial charge in [-0.05, 0) is 49.4 Å². The predicted octanol–water partition coefficient (Wildman–Crippen LogP) is 3.00. The van der Waals surface area contributed by atoms with Gasteiger partial charge in [-0.15, -0.1) is 0 Å². The minimum absolute atomic E-state index is 0.136. The third-order valence-corrected chi connectivity index (χ3v) is 5.02. The summed E-state index contributed by atoms with van der Waals surface area (Å²) in [5, 5.41) is 7.31. The van der Waals surface area contributed by atoms with Crippen molar-refractivity contribution >= 4 is 11.7 Å². The summed E-state index contributed by atoms with van der Waals surface area (Å²) in [5.74, 6) is -0.0254. The van der Waals surface area contributed by atoms with Crippen molar-refractivity contribution in [1.29, 1.82) is 0 Å². The third-order valence-electron chi connectivity index (χ3n) is 5.02. The summed E-state index contributed by atoms with van der Waals surface area (Å²) in [6, 6.07) is 9.91. The van der Waals surface area contributed by atoms with Gasteiger partial charge in [0.2, 0.25) is 0 Å². The lowest BCUT2D eigenvalue weighted by molar-refractivity contribution is 0.0948. The lowest BCUT2D eigenvalue weighted by Crippen LogP contribution is -2.26. The molecule has 6 nitrogen and oxygen atoms in total. The van der Waals surface area contributed by atoms with Crippen molar-refractivity contribution in [3.05, 3.63) is 70.8 Å². The van der Waals surface area contributed by atoms with Gasteiger partial charge in [0.05, 0.1) is 11.9 Å². The van der Waals surface area contributed by atoms with Gasteiger partial charge in [-0.1, -0.05) is 18.2 Å². The Hall–Kier alpha value is -3.15. The number of aryl methyl sites for hydroxylation is 1. The second-order valence-electron chi connectivity index (χ2n) is 6.89. The molecule has 0 spiro atoms. The Kier molecular flexibility index (Phi) is 4.62. The molecular weight excluding hydrogens is 340 g/mol. The summed E-state index contributed by atoms with van der Waals surface area (Å²) < 4.78 is 1.83. The van der Waals surface area contributed by atoms with Gasteiger partial charge in [0, 0.05) is 30.4 Å². The summed E-state index contributed by atoms with van der Waals surface area (Å²) in [7, 11) is 0. The molecule has 138 valence electrons. The normalized spacial score (nSPS) is 13.4. The first-order valence-corrected chi connectivity index (χ1v) is 9.25. The van der Waals surface area contributed by atoms with Crippen LogP contribution in [-0.2, 0) is 12.8 Å². The van der Waals surface area contributed by atoms with E-state index in [2.05, 4.69) is 15.4 Å². The number of nitrogens with zero attached hydrogens (tertiary/aromatic N) is 2. The molecule has 0 bridgehead atoms. The number of carbonyl (C=O) groups is 2. The van der Waals surface area contributed by atoms with Crippen molar-refractivity contribution in [2.75, 3.05) is 6.54 Å². The van der Waals surface area contributed by atoms with E-state index in [4.69, 9.17) is 0 Å². The summed E-state index contributed by atoms with van der Waals surface area (Å²) in [4.78, 5) is 27.8. The van der Waals surface area contributed by atoms with Crippen LogP contribution >= 0.6 is 0 Å². The van der Waals surface area contributed by atoms with Gasteiger partial charge in [-0.2, -0.15) is 5.10 Å². The quantitative estimate of drug-likeness (QED) is 0.732. The molecule has 1 amide bonds. The van der Waals surface area contributed by atoms with E-state index in [0.717, 1.165) is 40.9 Å². The molecule has 0 saturated heterocycles. The molecule has 3 aromatic rings. The monoisotopic (exact) mass is 362 g/mol. The first kappa shape index (κ1) is 17.3. The maximum Gasteiger partial charge on any atom is 0.268 e. The van der Waals surface area contributed by atoms with Crippen LogP contribution in [0.15, 0.2) is 42.7 Å². The SMILES string of the molecule is Cc1c(C(=O)NCCc2cnn(-c3ccccc3)c2)[nH]c2c1C(=O)CCC2. The Morgan fingerprint density at radius 1 is 1.26 bits per heavy atom. The summed E-state index contributed by atoms with van der Waals surface area (Å²) >= 11 is 0. The number of hydrogen-bond acceptors (Lipinski definition) is 3. The molecule has 0 radical (unpaired) electrons. The Morgan fingerprint density at radius 3 is 2.85 bits per heavy atom. The van der Waals surface area contributed by atoms with Crippen LogP contribution in [0.2, 0.25) is 0 Å². The minimum Gasteiger partial charge on any atom is -0.354 e. The molecular formula is C21H22N4O2. The fraction of sp³-hybridized carbons (Fsp3) is 0.286. The number of carbonyl (C=O) groups excluding carboxylic acids is 2. The Balaban J connectivity index is 1.38. The molecule has 0 unspecified atom stereocenters. The van der Waals surface area contributed by atoms with Gasteiger partial charge in [-0.3, -0.25) is 9.59 Å². The molecule has 2 N–H and O–H groups in total. The van der Waals surface area contributed by atoms with Crippen LogP contribution in [0.3, 0.4) is 0 Å². The highest BCUT2D eigenvalue weighted by molar-refractivity contribution is 6.04. The number of aromatic amines is 1. The lowest BCUT2D eigenvalue weighted by atomic mass is 9.94. The molecule has 1 aliphatic rings. The maximum absolute atomic E-state index is 12.5. The van der Waals surface area contributed by atoms with E-state index >= 15 is 0 Å². The van der Waals surface area contributed by atoms with Crippen molar-refractivity contribution in [1.82, 2.24) is 20.1 Å². The molecule has 2 heterocycles. The Morgan fingerprint density at radius 2 is 2.07 bits per heavy atom. The zero-order chi connectivity index (χ0) is 18.8. The zero-order valence-corrected chi connectivity index (χ0v) is 15.3. The van der Waals surface area contributed by atoms with Crippen LogP contribution in [0.4, 0.5) is 0 Å². The third kappa shape index (κ3) is 3.43. The van der Waals surface area contributed by atoms with Crippen molar-refractivity contribution in [2.45, 2.75) is 32.6 Å². The summed E-state index contributed by atoms with van der Waals surface area (Å²) in [5.41, 5.74) is 4.95. The van der Waals surface area contributed by atoms with Gasteiger partial charge in [-0.25, -0.2) is 4.68 Å². The second kappa shape index (κ2) is 7.23. The van der Waals surface area contributed by atoms with Crippen LogP contribution in [0.1, 0.15) is 50.5 Å². The van der Waals surface area contributed by atoms with Gasteiger partial charge >= 0.3 is 0 Å². The average molecular weight is 362 g/mol. The zero-order valence-electron chi connectivity index (χ0n) is 15.3. The number of ketones is 1. The summed E-state index contributed by atoms with van der Waals surface area (Å²) in [6.45, 7) is 2.35. The van der Waals surface area contributed by atoms with Crippen molar-refractivity contribution in [2.24, 2.45) is 0 Å². The van der Waals surface area contributed by atoms with Crippen molar-refractivity contribution in [3.8, 4) is 5.69 Å².